The topological polar surface area (TPSA) is 106 Å². The van der Waals surface area contributed by atoms with Gasteiger partial charge >= 0.3 is 5.97 Å². The molecule has 8 heteroatoms. The molecule has 2 aromatic heterocycles. The molecule has 0 spiro atoms. The predicted octanol–water partition coefficient (Wildman–Crippen LogP) is 1.62. The summed E-state index contributed by atoms with van der Waals surface area (Å²) in [5, 5.41) is 13.6. The van der Waals surface area contributed by atoms with E-state index in [-0.39, 0.29) is 11.6 Å². The maximum Gasteiger partial charge on any atom is 0.355 e. The van der Waals surface area contributed by atoms with Crippen LogP contribution in [-0.4, -0.2) is 57.8 Å². The van der Waals surface area contributed by atoms with Crippen molar-refractivity contribution >= 4 is 17.6 Å². The van der Waals surface area contributed by atoms with Crippen molar-refractivity contribution in [1.29, 1.82) is 0 Å². The molecule has 0 amide bonds. The van der Waals surface area contributed by atoms with Gasteiger partial charge in [-0.15, -0.1) is 5.10 Å². The van der Waals surface area contributed by atoms with Crippen LogP contribution < -0.4 is 10.5 Å². The molecule has 3 aromatic rings. The average molecular weight is 341 g/mol. The van der Waals surface area contributed by atoms with Crippen LogP contribution in [0.15, 0.2) is 36.4 Å². The number of aromatic carboxylic acids is 1. The summed E-state index contributed by atoms with van der Waals surface area (Å²) in [6.07, 6.45) is 0. The Morgan fingerprint density at radius 1 is 1.24 bits per heavy atom. The molecule has 0 aliphatic carbocycles. The molecule has 1 aromatic carbocycles. The van der Waals surface area contributed by atoms with Crippen molar-refractivity contribution < 1.29 is 14.6 Å². The van der Waals surface area contributed by atoms with Crippen molar-refractivity contribution in [3.05, 3.63) is 42.1 Å². The summed E-state index contributed by atoms with van der Waals surface area (Å²) >= 11 is 0. The van der Waals surface area contributed by atoms with E-state index in [1.807, 2.05) is 43.3 Å². The van der Waals surface area contributed by atoms with Gasteiger partial charge in [-0.05, 0) is 43.9 Å². The van der Waals surface area contributed by atoms with E-state index < -0.39 is 5.97 Å². The molecule has 0 saturated carbocycles. The van der Waals surface area contributed by atoms with Gasteiger partial charge in [0.1, 0.15) is 12.4 Å². The van der Waals surface area contributed by atoms with Crippen molar-refractivity contribution in [3.63, 3.8) is 0 Å². The molecule has 2 heterocycles. The average Bonchev–Trinajstić information content (AvgIpc) is 2.94. The first-order valence-corrected chi connectivity index (χ1v) is 7.72. The normalized spacial score (nSPS) is 11.2. The van der Waals surface area contributed by atoms with E-state index in [0.29, 0.717) is 17.8 Å². The number of rotatable bonds is 6. The van der Waals surface area contributed by atoms with Gasteiger partial charge < -0.3 is 20.5 Å². The minimum atomic E-state index is -1.10. The number of pyridine rings is 1. The molecule has 25 heavy (non-hydrogen) atoms. The quantitative estimate of drug-likeness (QED) is 0.701. The molecular formula is C17H19N5O3. The molecule has 3 N–H and O–H groups in total. The number of likely N-dealkylation sites (N-methyl/N-ethyl adjacent to an activating group) is 1. The molecular weight excluding hydrogens is 322 g/mol. The number of anilines is 1. The Morgan fingerprint density at radius 3 is 2.60 bits per heavy atom. The third-order valence-electron chi connectivity index (χ3n) is 3.69. The van der Waals surface area contributed by atoms with Gasteiger partial charge in [0.25, 0.3) is 0 Å². The Bertz CT molecular complexity index is 903. The third-order valence-corrected chi connectivity index (χ3v) is 3.69. The molecule has 8 nitrogen and oxygen atoms in total. The van der Waals surface area contributed by atoms with Crippen molar-refractivity contribution in [1.82, 2.24) is 19.5 Å². The molecule has 130 valence electrons. The van der Waals surface area contributed by atoms with Gasteiger partial charge in [0.2, 0.25) is 5.95 Å². The van der Waals surface area contributed by atoms with E-state index in [9.17, 15) is 9.90 Å². The second-order valence-corrected chi connectivity index (χ2v) is 5.82. The van der Waals surface area contributed by atoms with Crippen molar-refractivity contribution in [2.45, 2.75) is 0 Å². The number of carboxylic acids is 1. The second-order valence-electron chi connectivity index (χ2n) is 5.82. The highest BCUT2D eigenvalue weighted by Gasteiger charge is 2.18. The van der Waals surface area contributed by atoms with E-state index >= 15 is 0 Å². The maximum absolute atomic E-state index is 11.7. The van der Waals surface area contributed by atoms with Gasteiger partial charge in [0.15, 0.2) is 11.3 Å². The van der Waals surface area contributed by atoms with Gasteiger partial charge in [-0.3, -0.25) is 0 Å². The minimum Gasteiger partial charge on any atom is -0.492 e. The summed E-state index contributed by atoms with van der Waals surface area (Å²) in [5.41, 5.74) is 7.26. The lowest BCUT2D eigenvalue weighted by molar-refractivity contribution is 0.0688. The van der Waals surface area contributed by atoms with E-state index in [1.54, 1.807) is 12.1 Å². The van der Waals surface area contributed by atoms with Gasteiger partial charge in [0.05, 0.1) is 0 Å². The predicted molar refractivity (Wildman–Crippen MR) is 93.8 cm³/mol. The number of benzene rings is 1. The Hall–Kier alpha value is -3.13. The van der Waals surface area contributed by atoms with Gasteiger partial charge in [-0.1, -0.05) is 12.1 Å². The first-order valence-electron chi connectivity index (χ1n) is 7.72. The SMILES string of the molecule is CN(C)CCOc1ccc(-c2ccc3nc(N)nn3c2C(=O)O)cc1. The largest absolute Gasteiger partial charge is 0.492 e. The Balaban J connectivity index is 1.93. The fourth-order valence-electron chi connectivity index (χ4n) is 2.48. The van der Waals surface area contributed by atoms with Crippen molar-refractivity contribution in [2.75, 3.05) is 33.0 Å². The lowest BCUT2D eigenvalue weighted by Gasteiger charge is -2.12. The number of nitrogens with two attached hydrogens (primary N) is 1. The van der Waals surface area contributed by atoms with Crippen LogP contribution >= 0.6 is 0 Å². The molecule has 0 atom stereocenters. The Kier molecular flexibility index (Phi) is 4.53. The van der Waals surface area contributed by atoms with Crippen LogP contribution in [0.25, 0.3) is 16.8 Å². The highest BCUT2D eigenvalue weighted by Crippen LogP contribution is 2.27. The van der Waals surface area contributed by atoms with Crippen LogP contribution in [0, 0.1) is 0 Å². The maximum atomic E-state index is 11.7. The number of ether oxygens (including phenoxy) is 1. The van der Waals surface area contributed by atoms with Crippen LogP contribution in [0.4, 0.5) is 5.95 Å². The number of fused-ring (bicyclic) bond motifs is 1. The number of nitrogens with zero attached hydrogens (tertiary/aromatic N) is 4. The minimum absolute atomic E-state index is 0.0166. The number of nitrogen functional groups attached to an aromatic ring is 1. The summed E-state index contributed by atoms with van der Waals surface area (Å²) < 4.78 is 6.90. The van der Waals surface area contributed by atoms with E-state index in [1.165, 1.54) is 4.52 Å². The van der Waals surface area contributed by atoms with E-state index in [2.05, 4.69) is 10.1 Å². The molecule has 0 bridgehead atoms. The lowest BCUT2D eigenvalue weighted by atomic mass is 10.0. The monoisotopic (exact) mass is 341 g/mol. The first-order chi connectivity index (χ1) is 12.0. The zero-order chi connectivity index (χ0) is 18.0. The number of carbonyl (C=O) groups is 1. The fourth-order valence-corrected chi connectivity index (χ4v) is 2.48. The molecule has 0 radical (unpaired) electrons. The summed E-state index contributed by atoms with van der Waals surface area (Å²) in [5.74, 6) is -0.338. The molecule has 0 aliphatic rings. The Morgan fingerprint density at radius 2 is 1.96 bits per heavy atom. The molecule has 3 rings (SSSR count). The van der Waals surface area contributed by atoms with Gasteiger partial charge in [-0.25, -0.2) is 9.31 Å². The van der Waals surface area contributed by atoms with Crippen LogP contribution in [0.1, 0.15) is 10.5 Å². The summed E-state index contributed by atoms with van der Waals surface area (Å²) in [6, 6.07) is 10.7. The summed E-state index contributed by atoms with van der Waals surface area (Å²) in [6.45, 7) is 1.40. The number of carboxylic acid groups (broad SMARTS) is 1. The van der Waals surface area contributed by atoms with Crippen LogP contribution in [0.3, 0.4) is 0 Å². The highest BCUT2D eigenvalue weighted by molar-refractivity contribution is 5.95. The third kappa shape index (κ3) is 3.53. The summed E-state index contributed by atoms with van der Waals surface area (Å²) in [4.78, 5) is 17.8. The zero-order valence-electron chi connectivity index (χ0n) is 14.0. The summed E-state index contributed by atoms with van der Waals surface area (Å²) in [7, 11) is 3.96. The number of hydrogen-bond acceptors (Lipinski definition) is 6. The Labute approximate surface area is 144 Å². The number of aromatic nitrogens is 3. The smallest absolute Gasteiger partial charge is 0.355 e. The van der Waals surface area contributed by atoms with Crippen LogP contribution in [-0.2, 0) is 0 Å². The van der Waals surface area contributed by atoms with Gasteiger partial charge in [-0.2, -0.15) is 4.98 Å². The molecule has 0 unspecified atom stereocenters. The highest BCUT2D eigenvalue weighted by atomic mass is 16.5. The lowest BCUT2D eigenvalue weighted by Crippen LogP contribution is -2.19. The standard InChI is InChI=1S/C17H19N5O3/c1-21(2)9-10-25-12-5-3-11(4-6-12)13-7-8-14-19-17(18)20-22(14)15(13)16(23)24/h3-8H,9-10H2,1-2H3,(H2,18,20)(H,23,24). The van der Waals surface area contributed by atoms with E-state index in [4.69, 9.17) is 10.5 Å². The second kappa shape index (κ2) is 6.78. The van der Waals surface area contributed by atoms with Crippen molar-refractivity contribution in [2.24, 2.45) is 0 Å². The van der Waals surface area contributed by atoms with E-state index in [0.717, 1.165) is 17.9 Å². The van der Waals surface area contributed by atoms with Crippen LogP contribution in [0.5, 0.6) is 5.75 Å². The molecule has 0 saturated heterocycles. The molecule has 0 aliphatic heterocycles. The first kappa shape index (κ1) is 16.7. The zero-order valence-corrected chi connectivity index (χ0v) is 14.0. The van der Waals surface area contributed by atoms with Crippen LogP contribution in [0.2, 0.25) is 0 Å². The van der Waals surface area contributed by atoms with Gasteiger partial charge in [0, 0.05) is 12.1 Å². The molecule has 0 fully saturated rings. The fraction of sp³-hybridized carbons (Fsp3) is 0.235. The van der Waals surface area contributed by atoms with Crippen molar-refractivity contribution in [3.8, 4) is 16.9 Å². The number of hydrogen-bond donors (Lipinski definition) is 2.